The van der Waals surface area contributed by atoms with Gasteiger partial charge in [0.05, 0.1) is 24.3 Å². The van der Waals surface area contributed by atoms with E-state index in [1.165, 1.54) is 20.0 Å². The van der Waals surface area contributed by atoms with Gasteiger partial charge in [-0.15, -0.1) is 0 Å². The molecule has 0 saturated heterocycles. The maximum atomic E-state index is 11.9. The number of urea groups is 1. The summed E-state index contributed by atoms with van der Waals surface area (Å²) in [6, 6.07) is -1.70. The number of carbonyl (C=O) groups excluding carboxylic acids is 2. The summed E-state index contributed by atoms with van der Waals surface area (Å²) < 4.78 is 6.01. The first-order valence-corrected chi connectivity index (χ1v) is 8.42. The topological polar surface area (TPSA) is 129 Å². The quantitative estimate of drug-likeness (QED) is 0.397. The zero-order valence-electron chi connectivity index (χ0n) is 15.1. The molecule has 0 heterocycles. The zero-order valence-corrected chi connectivity index (χ0v) is 15.1. The van der Waals surface area contributed by atoms with Crippen LogP contribution >= 0.6 is 0 Å². The third-order valence-corrected chi connectivity index (χ3v) is 4.05. The fraction of sp³-hybridized carbons (Fsp3) is 0.688. The number of nitrogens with one attached hydrogen (secondary N) is 4. The van der Waals surface area contributed by atoms with Crippen LogP contribution in [0.4, 0.5) is 4.79 Å². The van der Waals surface area contributed by atoms with Crippen LogP contribution in [0.2, 0.25) is 0 Å². The smallest absolute Gasteiger partial charge is 0.331 e. The van der Waals surface area contributed by atoms with Crippen LogP contribution < -0.4 is 21.5 Å². The monoisotopic (exact) mass is 356 g/mol. The van der Waals surface area contributed by atoms with Gasteiger partial charge in [0.25, 0.3) is 0 Å². The Labute approximate surface area is 147 Å². The van der Waals surface area contributed by atoms with Gasteiger partial charge in [0.15, 0.2) is 0 Å². The van der Waals surface area contributed by atoms with Crippen molar-refractivity contribution < 1.29 is 24.2 Å². The number of aliphatic carboxylic acids is 1. The Bertz CT molecular complexity index is 519. The van der Waals surface area contributed by atoms with Gasteiger partial charge in [-0.1, -0.05) is 13.8 Å². The van der Waals surface area contributed by atoms with Crippen LogP contribution in [0.15, 0.2) is 11.6 Å². The molecule has 0 radical (unpaired) electrons. The van der Waals surface area contributed by atoms with E-state index >= 15 is 0 Å². The van der Waals surface area contributed by atoms with Crippen molar-refractivity contribution >= 4 is 17.9 Å². The van der Waals surface area contributed by atoms with Crippen molar-refractivity contribution in [1.82, 2.24) is 21.5 Å². The van der Waals surface area contributed by atoms with Crippen LogP contribution in [0.3, 0.4) is 0 Å². The molecule has 3 atom stereocenters. The number of hydrogen-bond donors (Lipinski definition) is 5. The number of carboxylic acid groups (broad SMARTS) is 1. The molecule has 1 aliphatic rings. The largest absolute Gasteiger partial charge is 0.478 e. The van der Waals surface area contributed by atoms with Crippen LogP contribution in [0.25, 0.3) is 0 Å². The molecule has 1 aliphatic carbocycles. The number of ether oxygens (including phenoxy) is 1. The molecule has 0 bridgehead atoms. The fourth-order valence-electron chi connectivity index (χ4n) is 2.82. The lowest BCUT2D eigenvalue weighted by atomic mass is 9.87. The first-order chi connectivity index (χ1) is 11.8. The Morgan fingerprint density at radius 2 is 1.92 bits per heavy atom. The minimum absolute atomic E-state index is 0.0718. The molecule has 25 heavy (non-hydrogen) atoms. The van der Waals surface area contributed by atoms with Crippen molar-refractivity contribution in [3.05, 3.63) is 11.6 Å². The van der Waals surface area contributed by atoms with E-state index in [1.807, 2.05) is 13.8 Å². The van der Waals surface area contributed by atoms with Crippen molar-refractivity contribution in [2.45, 2.75) is 64.3 Å². The average Bonchev–Trinajstić information content (AvgIpc) is 2.54. The molecule has 0 aromatic rings. The van der Waals surface area contributed by atoms with E-state index in [1.54, 1.807) is 0 Å². The van der Waals surface area contributed by atoms with Gasteiger partial charge >= 0.3 is 12.0 Å². The molecule has 0 spiro atoms. The second kappa shape index (κ2) is 10.00. The number of hydrazine groups is 1. The number of amides is 3. The molecule has 0 aromatic carbocycles. The summed E-state index contributed by atoms with van der Waals surface area (Å²) in [4.78, 5) is 34.9. The highest BCUT2D eigenvalue weighted by atomic mass is 16.5. The highest BCUT2D eigenvalue weighted by Crippen LogP contribution is 2.24. The standard InChI is InChI=1S/C16H28N4O5/c1-5-11(6-2)25-13-8-10(15(22)23)7-12(14(13)18-9(3)21)19-16(24)20-17-4/h8,11-14,17H,5-7H2,1-4H3,(H,18,21)(H,22,23)(H2,19,20,24)/t12-,13+,14+/m0/s1. The Hall–Kier alpha value is -2.13. The second-order valence-corrected chi connectivity index (χ2v) is 5.92. The van der Waals surface area contributed by atoms with Gasteiger partial charge in [0, 0.05) is 26.0 Å². The van der Waals surface area contributed by atoms with Gasteiger partial charge in [-0.3, -0.25) is 10.2 Å². The van der Waals surface area contributed by atoms with Crippen molar-refractivity contribution in [1.29, 1.82) is 0 Å². The van der Waals surface area contributed by atoms with E-state index in [9.17, 15) is 19.5 Å². The molecule has 0 fully saturated rings. The molecule has 0 unspecified atom stereocenters. The molecule has 3 amide bonds. The number of carboxylic acids is 1. The lowest BCUT2D eigenvalue weighted by Crippen LogP contribution is -2.61. The van der Waals surface area contributed by atoms with Crippen LogP contribution in [0.1, 0.15) is 40.0 Å². The Morgan fingerprint density at radius 3 is 2.40 bits per heavy atom. The van der Waals surface area contributed by atoms with Crippen molar-refractivity contribution in [3.63, 3.8) is 0 Å². The van der Waals surface area contributed by atoms with Crippen LogP contribution in [-0.2, 0) is 14.3 Å². The highest BCUT2D eigenvalue weighted by Gasteiger charge is 2.38. The molecular weight excluding hydrogens is 328 g/mol. The molecule has 0 aliphatic heterocycles. The van der Waals surface area contributed by atoms with Gasteiger partial charge in [0.1, 0.15) is 0 Å². The van der Waals surface area contributed by atoms with Gasteiger partial charge in [0.2, 0.25) is 5.91 Å². The van der Waals surface area contributed by atoms with Gasteiger partial charge < -0.3 is 20.5 Å². The molecule has 142 valence electrons. The SMILES string of the molecule is CCC(CC)O[C@@H]1C=C(C(=O)O)C[C@H](NC(=O)NNC)[C@H]1NC(C)=O. The average molecular weight is 356 g/mol. The molecule has 5 N–H and O–H groups in total. The lowest BCUT2D eigenvalue weighted by Gasteiger charge is -2.38. The first kappa shape index (κ1) is 20.9. The minimum Gasteiger partial charge on any atom is -0.478 e. The van der Waals surface area contributed by atoms with E-state index in [0.717, 1.165) is 12.8 Å². The summed E-state index contributed by atoms with van der Waals surface area (Å²) in [6.07, 6.45) is 2.41. The van der Waals surface area contributed by atoms with Crippen molar-refractivity contribution in [2.24, 2.45) is 0 Å². The van der Waals surface area contributed by atoms with Gasteiger partial charge in [-0.05, 0) is 18.9 Å². The van der Waals surface area contributed by atoms with E-state index in [-0.39, 0.29) is 24.0 Å². The first-order valence-electron chi connectivity index (χ1n) is 8.42. The summed E-state index contributed by atoms with van der Waals surface area (Å²) in [7, 11) is 1.54. The summed E-state index contributed by atoms with van der Waals surface area (Å²) in [5.74, 6) is -1.35. The third kappa shape index (κ3) is 6.35. The van der Waals surface area contributed by atoms with Crippen LogP contribution in [0.5, 0.6) is 0 Å². The van der Waals surface area contributed by atoms with Crippen LogP contribution in [-0.4, -0.2) is 54.4 Å². The number of rotatable bonds is 8. The summed E-state index contributed by atoms with van der Waals surface area (Å²) in [5, 5.41) is 14.8. The third-order valence-electron chi connectivity index (χ3n) is 4.05. The summed E-state index contributed by atoms with van der Waals surface area (Å²) in [6.45, 7) is 5.32. The molecule has 9 heteroatoms. The highest BCUT2D eigenvalue weighted by molar-refractivity contribution is 5.87. The Balaban J connectivity index is 3.11. The van der Waals surface area contributed by atoms with Gasteiger partial charge in [-0.25, -0.2) is 15.0 Å². The predicted octanol–water partition coefficient (Wildman–Crippen LogP) is 0.282. The lowest BCUT2D eigenvalue weighted by molar-refractivity contribution is -0.133. The molecule has 0 saturated carbocycles. The normalized spacial score (nSPS) is 22.9. The van der Waals surface area contributed by atoms with Gasteiger partial charge in [-0.2, -0.15) is 0 Å². The van der Waals surface area contributed by atoms with Crippen molar-refractivity contribution in [3.8, 4) is 0 Å². The maximum absolute atomic E-state index is 11.9. The fourth-order valence-corrected chi connectivity index (χ4v) is 2.82. The van der Waals surface area contributed by atoms with E-state index in [4.69, 9.17) is 4.74 Å². The molecule has 0 aromatic heterocycles. The molecule has 1 rings (SSSR count). The number of carbonyl (C=O) groups is 3. The predicted molar refractivity (Wildman–Crippen MR) is 91.7 cm³/mol. The summed E-state index contributed by atoms with van der Waals surface area (Å²) in [5.41, 5.74) is 5.01. The summed E-state index contributed by atoms with van der Waals surface area (Å²) >= 11 is 0. The number of hydrogen-bond acceptors (Lipinski definition) is 5. The maximum Gasteiger partial charge on any atom is 0.331 e. The Kier molecular flexibility index (Phi) is 8.36. The molecular formula is C16H28N4O5. The second-order valence-electron chi connectivity index (χ2n) is 5.92. The minimum atomic E-state index is -1.07. The van der Waals surface area contributed by atoms with E-state index in [2.05, 4.69) is 21.5 Å². The Morgan fingerprint density at radius 1 is 1.28 bits per heavy atom. The van der Waals surface area contributed by atoms with Crippen LogP contribution in [0, 0.1) is 0 Å². The zero-order chi connectivity index (χ0) is 19.0. The molecule has 9 nitrogen and oxygen atoms in total. The van der Waals surface area contributed by atoms with E-state index < -0.39 is 30.2 Å². The van der Waals surface area contributed by atoms with Crippen molar-refractivity contribution in [2.75, 3.05) is 7.05 Å². The van der Waals surface area contributed by atoms with E-state index in [0.29, 0.717) is 0 Å².